The fraction of sp³-hybridized carbons (Fsp3) is 0.667. The molecule has 0 aromatic heterocycles. The SMILES string of the molecule is CNCCN1CCN(C2=CC=CC2)CC1. The molecule has 1 aliphatic carbocycles. The van der Waals surface area contributed by atoms with Crippen molar-refractivity contribution in [2.75, 3.05) is 46.3 Å². The van der Waals surface area contributed by atoms with Gasteiger partial charge in [-0.3, -0.25) is 4.90 Å². The Morgan fingerprint density at radius 2 is 2.07 bits per heavy atom. The first-order chi connectivity index (χ1) is 7.40. The molecule has 0 aromatic carbocycles. The molecule has 0 bridgehead atoms. The quantitative estimate of drug-likeness (QED) is 0.731. The van der Waals surface area contributed by atoms with E-state index < -0.39 is 0 Å². The van der Waals surface area contributed by atoms with Gasteiger partial charge in [-0.05, 0) is 13.1 Å². The lowest BCUT2D eigenvalue weighted by Crippen LogP contribution is -2.47. The highest BCUT2D eigenvalue weighted by Gasteiger charge is 2.18. The molecule has 0 atom stereocenters. The molecule has 1 saturated heterocycles. The van der Waals surface area contributed by atoms with Crippen LogP contribution in [0.1, 0.15) is 6.42 Å². The standard InChI is InChI=1S/C12H21N3/c1-13-6-7-14-8-10-15(11-9-14)12-4-2-3-5-12/h2-4,13H,5-11H2,1H3. The Bertz CT molecular complexity index is 250. The third-order valence-corrected chi connectivity index (χ3v) is 3.21. The molecule has 0 spiro atoms. The van der Waals surface area contributed by atoms with Crippen LogP contribution in [0.4, 0.5) is 0 Å². The number of hydrogen-bond donors (Lipinski definition) is 1. The summed E-state index contributed by atoms with van der Waals surface area (Å²) >= 11 is 0. The Hall–Kier alpha value is -0.800. The van der Waals surface area contributed by atoms with Crippen LogP contribution >= 0.6 is 0 Å². The highest BCUT2D eigenvalue weighted by Crippen LogP contribution is 2.17. The molecule has 3 nitrogen and oxygen atoms in total. The summed E-state index contributed by atoms with van der Waals surface area (Å²) in [5.74, 6) is 0. The summed E-state index contributed by atoms with van der Waals surface area (Å²) in [5.41, 5.74) is 1.50. The maximum absolute atomic E-state index is 3.20. The molecule has 84 valence electrons. The Kier molecular flexibility index (Phi) is 3.80. The molecule has 2 aliphatic rings. The van der Waals surface area contributed by atoms with Crippen LogP contribution in [0, 0.1) is 0 Å². The average molecular weight is 207 g/mol. The second kappa shape index (κ2) is 5.33. The summed E-state index contributed by atoms with van der Waals surface area (Å²) in [5, 5.41) is 3.20. The first-order valence-corrected chi connectivity index (χ1v) is 5.88. The first kappa shape index (κ1) is 10.7. The van der Waals surface area contributed by atoms with Crippen molar-refractivity contribution in [3.05, 3.63) is 23.9 Å². The molecule has 1 heterocycles. The molecule has 2 rings (SSSR count). The summed E-state index contributed by atoms with van der Waals surface area (Å²) in [6.45, 7) is 7.08. The summed E-state index contributed by atoms with van der Waals surface area (Å²) in [6, 6.07) is 0. The molecule has 0 aromatic rings. The minimum absolute atomic E-state index is 1.10. The number of likely N-dealkylation sites (N-methyl/N-ethyl adjacent to an activating group) is 1. The third-order valence-electron chi connectivity index (χ3n) is 3.21. The Balaban J connectivity index is 1.72. The van der Waals surface area contributed by atoms with E-state index >= 15 is 0 Å². The monoisotopic (exact) mass is 207 g/mol. The number of piperazine rings is 1. The Labute approximate surface area is 92.4 Å². The summed E-state index contributed by atoms with van der Waals surface area (Å²) in [7, 11) is 2.02. The van der Waals surface area contributed by atoms with Gasteiger partial charge in [0.25, 0.3) is 0 Å². The number of allylic oxidation sites excluding steroid dienone is 3. The molecule has 1 aliphatic heterocycles. The molecule has 0 radical (unpaired) electrons. The van der Waals surface area contributed by atoms with Crippen LogP contribution in [0.25, 0.3) is 0 Å². The molecular weight excluding hydrogens is 186 g/mol. The van der Waals surface area contributed by atoms with E-state index in [-0.39, 0.29) is 0 Å². The number of rotatable bonds is 4. The van der Waals surface area contributed by atoms with Gasteiger partial charge < -0.3 is 10.2 Å². The van der Waals surface area contributed by atoms with Gasteiger partial charge in [0.05, 0.1) is 0 Å². The third kappa shape index (κ3) is 2.83. The van der Waals surface area contributed by atoms with Gasteiger partial charge >= 0.3 is 0 Å². The van der Waals surface area contributed by atoms with Gasteiger partial charge in [0.1, 0.15) is 0 Å². The van der Waals surface area contributed by atoms with Gasteiger partial charge in [-0.2, -0.15) is 0 Å². The van der Waals surface area contributed by atoms with Gasteiger partial charge in [-0.1, -0.05) is 12.2 Å². The van der Waals surface area contributed by atoms with E-state index in [1.807, 2.05) is 7.05 Å². The molecule has 0 amide bonds. The zero-order valence-corrected chi connectivity index (χ0v) is 9.58. The highest BCUT2D eigenvalue weighted by molar-refractivity contribution is 5.22. The van der Waals surface area contributed by atoms with Crippen LogP contribution in [0.2, 0.25) is 0 Å². The van der Waals surface area contributed by atoms with Gasteiger partial charge in [-0.25, -0.2) is 0 Å². The largest absolute Gasteiger partial charge is 0.372 e. The van der Waals surface area contributed by atoms with E-state index in [2.05, 4.69) is 33.3 Å². The van der Waals surface area contributed by atoms with Crippen LogP contribution in [0.15, 0.2) is 23.9 Å². The maximum atomic E-state index is 3.20. The Morgan fingerprint density at radius 1 is 1.27 bits per heavy atom. The molecule has 1 fully saturated rings. The zero-order chi connectivity index (χ0) is 10.5. The smallest absolute Gasteiger partial charge is 0.0303 e. The van der Waals surface area contributed by atoms with Crippen LogP contribution in [-0.4, -0.2) is 56.1 Å². The lowest BCUT2D eigenvalue weighted by Gasteiger charge is -2.36. The highest BCUT2D eigenvalue weighted by atomic mass is 15.3. The van der Waals surface area contributed by atoms with Crippen molar-refractivity contribution in [1.29, 1.82) is 0 Å². The number of nitrogens with zero attached hydrogens (tertiary/aromatic N) is 2. The maximum Gasteiger partial charge on any atom is 0.0303 e. The summed E-state index contributed by atoms with van der Waals surface area (Å²) in [6.07, 6.45) is 7.80. The van der Waals surface area contributed by atoms with Crippen molar-refractivity contribution in [2.45, 2.75) is 6.42 Å². The van der Waals surface area contributed by atoms with Gasteiger partial charge in [0.2, 0.25) is 0 Å². The van der Waals surface area contributed by atoms with E-state index in [9.17, 15) is 0 Å². The van der Waals surface area contributed by atoms with E-state index in [0.29, 0.717) is 0 Å². The van der Waals surface area contributed by atoms with Crippen LogP contribution in [0.3, 0.4) is 0 Å². The van der Waals surface area contributed by atoms with Crippen molar-refractivity contribution in [3.63, 3.8) is 0 Å². The van der Waals surface area contributed by atoms with Crippen molar-refractivity contribution in [3.8, 4) is 0 Å². The van der Waals surface area contributed by atoms with E-state index in [4.69, 9.17) is 0 Å². The topological polar surface area (TPSA) is 18.5 Å². The van der Waals surface area contributed by atoms with Crippen molar-refractivity contribution in [2.24, 2.45) is 0 Å². The van der Waals surface area contributed by atoms with E-state index in [1.54, 1.807) is 0 Å². The molecule has 0 saturated carbocycles. The second-order valence-corrected chi connectivity index (χ2v) is 4.22. The zero-order valence-electron chi connectivity index (χ0n) is 9.58. The predicted molar refractivity (Wildman–Crippen MR) is 63.8 cm³/mol. The van der Waals surface area contributed by atoms with Crippen LogP contribution in [0.5, 0.6) is 0 Å². The molecule has 1 N–H and O–H groups in total. The van der Waals surface area contributed by atoms with Crippen molar-refractivity contribution < 1.29 is 0 Å². The molecule has 0 unspecified atom stereocenters. The number of nitrogens with one attached hydrogen (secondary N) is 1. The van der Waals surface area contributed by atoms with Crippen LogP contribution in [-0.2, 0) is 0 Å². The molecular formula is C12H21N3. The predicted octanol–water partition coefficient (Wildman–Crippen LogP) is 0.667. The minimum atomic E-state index is 1.10. The normalized spacial score (nSPS) is 22.2. The van der Waals surface area contributed by atoms with Gasteiger partial charge in [-0.15, -0.1) is 0 Å². The fourth-order valence-electron chi connectivity index (χ4n) is 2.20. The van der Waals surface area contributed by atoms with Crippen molar-refractivity contribution >= 4 is 0 Å². The molecule has 15 heavy (non-hydrogen) atoms. The fourth-order valence-corrected chi connectivity index (χ4v) is 2.20. The second-order valence-electron chi connectivity index (χ2n) is 4.22. The van der Waals surface area contributed by atoms with Crippen molar-refractivity contribution in [1.82, 2.24) is 15.1 Å². The summed E-state index contributed by atoms with van der Waals surface area (Å²) < 4.78 is 0. The summed E-state index contributed by atoms with van der Waals surface area (Å²) in [4.78, 5) is 5.06. The van der Waals surface area contributed by atoms with Gasteiger partial charge in [0, 0.05) is 51.4 Å². The average Bonchev–Trinajstić information content (AvgIpc) is 2.80. The molecule has 3 heteroatoms. The van der Waals surface area contributed by atoms with Gasteiger partial charge in [0.15, 0.2) is 0 Å². The number of hydrogen-bond acceptors (Lipinski definition) is 3. The minimum Gasteiger partial charge on any atom is -0.372 e. The Morgan fingerprint density at radius 3 is 2.67 bits per heavy atom. The van der Waals surface area contributed by atoms with Crippen LogP contribution < -0.4 is 5.32 Å². The lowest BCUT2D eigenvalue weighted by molar-refractivity contribution is 0.159. The van der Waals surface area contributed by atoms with E-state index in [1.165, 1.54) is 38.4 Å². The lowest BCUT2D eigenvalue weighted by atomic mass is 10.2. The first-order valence-electron chi connectivity index (χ1n) is 5.88. The van der Waals surface area contributed by atoms with E-state index in [0.717, 1.165) is 13.0 Å².